The molecule has 0 radical (unpaired) electrons. The van der Waals surface area contributed by atoms with Gasteiger partial charge in [0, 0.05) is 30.1 Å². The summed E-state index contributed by atoms with van der Waals surface area (Å²) in [5, 5.41) is 14.7. The zero-order valence-corrected chi connectivity index (χ0v) is 13.5. The Morgan fingerprint density at radius 1 is 1.21 bits per heavy atom. The van der Waals surface area contributed by atoms with Gasteiger partial charge in [-0.05, 0) is 54.1 Å². The van der Waals surface area contributed by atoms with E-state index in [-0.39, 0.29) is 11.9 Å². The molecule has 0 unspecified atom stereocenters. The van der Waals surface area contributed by atoms with Crippen molar-refractivity contribution in [1.82, 2.24) is 30.5 Å². The Kier molecular flexibility index (Phi) is 4.60. The highest BCUT2D eigenvalue weighted by molar-refractivity contribution is 5.95. The van der Waals surface area contributed by atoms with Crippen molar-refractivity contribution in [3.8, 4) is 11.4 Å². The Bertz CT molecular complexity index is 828. The number of carbonyl (C=O) groups excluding carboxylic acids is 1. The first-order chi connectivity index (χ1) is 11.6. The van der Waals surface area contributed by atoms with Gasteiger partial charge in [-0.15, -0.1) is 5.10 Å². The van der Waals surface area contributed by atoms with Crippen molar-refractivity contribution in [2.75, 3.05) is 0 Å². The summed E-state index contributed by atoms with van der Waals surface area (Å²) in [6.07, 6.45) is 3.40. The van der Waals surface area contributed by atoms with E-state index in [0.717, 1.165) is 11.1 Å². The zero-order chi connectivity index (χ0) is 16.9. The zero-order valence-electron chi connectivity index (χ0n) is 13.5. The van der Waals surface area contributed by atoms with E-state index in [4.69, 9.17) is 0 Å². The summed E-state index contributed by atoms with van der Waals surface area (Å²) in [6.45, 7) is 4.46. The van der Waals surface area contributed by atoms with Crippen LogP contribution >= 0.6 is 0 Å². The lowest BCUT2D eigenvalue weighted by Crippen LogP contribution is -2.22. The highest BCUT2D eigenvalue weighted by Gasteiger charge is 2.13. The summed E-state index contributed by atoms with van der Waals surface area (Å²) in [5.74, 6) is 0.506. The maximum atomic E-state index is 12.4. The summed E-state index contributed by atoms with van der Waals surface area (Å²) < 4.78 is 1.73. The molecule has 0 saturated heterocycles. The Morgan fingerprint density at radius 2 is 2.00 bits per heavy atom. The minimum absolute atomic E-state index is 0.138. The van der Waals surface area contributed by atoms with Crippen molar-refractivity contribution in [1.29, 1.82) is 0 Å². The first kappa shape index (κ1) is 15.8. The van der Waals surface area contributed by atoms with Crippen LogP contribution in [-0.4, -0.2) is 31.1 Å². The van der Waals surface area contributed by atoms with Crippen LogP contribution in [0.2, 0.25) is 0 Å². The molecule has 0 bridgehead atoms. The lowest BCUT2D eigenvalue weighted by Gasteiger charge is -2.09. The van der Waals surface area contributed by atoms with Crippen molar-refractivity contribution in [2.24, 2.45) is 0 Å². The van der Waals surface area contributed by atoms with Gasteiger partial charge in [-0.2, -0.15) is 0 Å². The molecule has 0 aliphatic carbocycles. The number of nitrogens with zero attached hydrogens (tertiary/aromatic N) is 5. The summed E-state index contributed by atoms with van der Waals surface area (Å²) >= 11 is 0. The quantitative estimate of drug-likeness (QED) is 0.778. The predicted molar refractivity (Wildman–Crippen MR) is 89.0 cm³/mol. The molecule has 7 nitrogen and oxygen atoms in total. The minimum Gasteiger partial charge on any atom is -0.348 e. The first-order valence-corrected chi connectivity index (χ1v) is 7.70. The Labute approximate surface area is 139 Å². The molecule has 0 saturated carbocycles. The van der Waals surface area contributed by atoms with Gasteiger partial charge >= 0.3 is 0 Å². The van der Waals surface area contributed by atoms with E-state index in [1.165, 1.54) is 0 Å². The largest absolute Gasteiger partial charge is 0.348 e. The maximum Gasteiger partial charge on any atom is 0.251 e. The number of pyridine rings is 1. The number of carbonyl (C=O) groups is 1. The molecule has 7 heteroatoms. The van der Waals surface area contributed by atoms with Gasteiger partial charge in [-0.1, -0.05) is 12.1 Å². The van der Waals surface area contributed by atoms with E-state index in [1.807, 2.05) is 38.1 Å². The number of nitrogens with one attached hydrogen (secondary N) is 1. The van der Waals surface area contributed by atoms with Gasteiger partial charge in [0.05, 0.1) is 6.04 Å². The molecule has 0 spiro atoms. The topological polar surface area (TPSA) is 85.6 Å². The van der Waals surface area contributed by atoms with Crippen LogP contribution in [0.5, 0.6) is 0 Å². The second kappa shape index (κ2) is 6.99. The van der Waals surface area contributed by atoms with Crippen LogP contribution in [0.4, 0.5) is 0 Å². The SMILES string of the molecule is CC(C)n1nnnc1-c1cccc(C(=O)NCc2ccncc2)c1. The maximum absolute atomic E-state index is 12.4. The van der Waals surface area contributed by atoms with Gasteiger partial charge in [-0.25, -0.2) is 4.68 Å². The summed E-state index contributed by atoms with van der Waals surface area (Å²) in [4.78, 5) is 16.3. The number of hydrogen-bond acceptors (Lipinski definition) is 5. The molecule has 0 atom stereocenters. The second-order valence-electron chi connectivity index (χ2n) is 5.66. The fourth-order valence-corrected chi connectivity index (χ4v) is 2.32. The van der Waals surface area contributed by atoms with Gasteiger partial charge in [0.2, 0.25) is 0 Å². The molecule has 1 aromatic carbocycles. The molecule has 3 rings (SSSR count). The number of benzene rings is 1. The van der Waals surface area contributed by atoms with Crippen LogP contribution in [-0.2, 0) is 6.54 Å². The van der Waals surface area contributed by atoms with Crippen LogP contribution in [0.25, 0.3) is 11.4 Å². The lowest BCUT2D eigenvalue weighted by atomic mass is 10.1. The van der Waals surface area contributed by atoms with Gasteiger partial charge < -0.3 is 5.32 Å². The van der Waals surface area contributed by atoms with Gasteiger partial charge in [-0.3, -0.25) is 9.78 Å². The average molecular weight is 322 g/mol. The van der Waals surface area contributed by atoms with E-state index in [1.54, 1.807) is 29.2 Å². The fraction of sp³-hybridized carbons (Fsp3) is 0.235. The van der Waals surface area contributed by atoms with E-state index < -0.39 is 0 Å². The van der Waals surface area contributed by atoms with Crippen molar-refractivity contribution < 1.29 is 4.79 Å². The predicted octanol–water partition coefficient (Wildman–Crippen LogP) is 2.25. The van der Waals surface area contributed by atoms with Crippen molar-refractivity contribution in [3.63, 3.8) is 0 Å². The molecular weight excluding hydrogens is 304 g/mol. The van der Waals surface area contributed by atoms with Crippen LogP contribution in [0.15, 0.2) is 48.8 Å². The molecule has 0 aliphatic rings. The molecule has 0 aliphatic heterocycles. The number of hydrogen-bond donors (Lipinski definition) is 1. The molecular formula is C17H18N6O. The first-order valence-electron chi connectivity index (χ1n) is 7.70. The number of amides is 1. The third kappa shape index (κ3) is 3.45. The smallest absolute Gasteiger partial charge is 0.251 e. The Balaban J connectivity index is 1.77. The standard InChI is InChI=1S/C17H18N6O/c1-12(2)23-16(20-21-22-23)14-4-3-5-15(10-14)17(24)19-11-13-6-8-18-9-7-13/h3-10,12H,11H2,1-2H3,(H,19,24). The van der Waals surface area contributed by atoms with Crippen LogP contribution in [0.3, 0.4) is 0 Å². The molecule has 122 valence electrons. The van der Waals surface area contributed by atoms with E-state index >= 15 is 0 Å². The number of aromatic nitrogens is 5. The second-order valence-corrected chi connectivity index (χ2v) is 5.66. The van der Waals surface area contributed by atoms with Crippen LogP contribution in [0.1, 0.15) is 35.8 Å². The summed E-state index contributed by atoms with van der Waals surface area (Å²) in [5.41, 5.74) is 2.38. The van der Waals surface area contributed by atoms with Crippen LogP contribution < -0.4 is 5.32 Å². The molecule has 2 heterocycles. The summed E-state index contributed by atoms with van der Waals surface area (Å²) in [7, 11) is 0. The van der Waals surface area contributed by atoms with Gasteiger partial charge in [0.15, 0.2) is 5.82 Å². The molecule has 24 heavy (non-hydrogen) atoms. The molecule has 1 amide bonds. The average Bonchev–Trinajstić information content (AvgIpc) is 3.11. The lowest BCUT2D eigenvalue weighted by molar-refractivity contribution is 0.0951. The third-order valence-corrected chi connectivity index (χ3v) is 3.57. The van der Waals surface area contributed by atoms with Crippen LogP contribution in [0, 0.1) is 0 Å². The molecule has 3 aromatic rings. The van der Waals surface area contributed by atoms with Crippen molar-refractivity contribution in [3.05, 3.63) is 59.9 Å². The van der Waals surface area contributed by atoms with Gasteiger partial charge in [0.1, 0.15) is 0 Å². The van der Waals surface area contributed by atoms with E-state index in [0.29, 0.717) is 17.9 Å². The molecule has 1 N–H and O–H groups in total. The Hall–Kier alpha value is -3.09. The van der Waals surface area contributed by atoms with Gasteiger partial charge in [0.25, 0.3) is 5.91 Å². The normalized spacial score (nSPS) is 10.8. The summed E-state index contributed by atoms with van der Waals surface area (Å²) in [6, 6.07) is 11.2. The fourth-order valence-electron chi connectivity index (χ4n) is 2.32. The monoisotopic (exact) mass is 322 g/mol. The number of tetrazole rings is 1. The molecule has 2 aromatic heterocycles. The van der Waals surface area contributed by atoms with Crippen molar-refractivity contribution in [2.45, 2.75) is 26.4 Å². The highest BCUT2D eigenvalue weighted by Crippen LogP contribution is 2.20. The Morgan fingerprint density at radius 3 is 2.75 bits per heavy atom. The van der Waals surface area contributed by atoms with E-state index in [9.17, 15) is 4.79 Å². The third-order valence-electron chi connectivity index (χ3n) is 3.57. The minimum atomic E-state index is -0.141. The number of rotatable bonds is 5. The molecule has 0 fully saturated rings. The highest BCUT2D eigenvalue weighted by atomic mass is 16.1. The van der Waals surface area contributed by atoms with Crippen molar-refractivity contribution >= 4 is 5.91 Å². The van der Waals surface area contributed by atoms with E-state index in [2.05, 4.69) is 25.8 Å².